The Labute approximate surface area is 127 Å². The van der Waals surface area contributed by atoms with Crippen LogP contribution in [-0.4, -0.2) is 29.7 Å². The second kappa shape index (κ2) is 9.52. The molecule has 6 heteroatoms. The fourth-order valence-electron chi connectivity index (χ4n) is 1.83. The maximum atomic E-state index is 5.54. The lowest BCUT2D eigenvalue weighted by Crippen LogP contribution is -2.16. The van der Waals surface area contributed by atoms with E-state index in [-0.39, 0.29) is 5.92 Å². The molecule has 0 aliphatic heterocycles. The number of ether oxygens (including phenoxy) is 1. The van der Waals surface area contributed by atoms with Crippen LogP contribution >= 0.6 is 0 Å². The van der Waals surface area contributed by atoms with Gasteiger partial charge in [0.15, 0.2) is 0 Å². The van der Waals surface area contributed by atoms with Crippen molar-refractivity contribution in [2.75, 3.05) is 30.5 Å². The van der Waals surface area contributed by atoms with Gasteiger partial charge >= 0.3 is 0 Å². The van der Waals surface area contributed by atoms with Crippen LogP contribution in [-0.2, 0) is 4.74 Å². The molecule has 0 aliphatic carbocycles. The zero-order valence-electron chi connectivity index (χ0n) is 13.7. The van der Waals surface area contributed by atoms with Crippen LogP contribution < -0.4 is 16.6 Å². The van der Waals surface area contributed by atoms with E-state index >= 15 is 0 Å². The van der Waals surface area contributed by atoms with E-state index in [0.29, 0.717) is 5.82 Å². The topological polar surface area (TPSA) is 85.1 Å². The summed E-state index contributed by atoms with van der Waals surface area (Å²) in [6, 6.07) is 0. The first kappa shape index (κ1) is 17.7. The van der Waals surface area contributed by atoms with Gasteiger partial charge in [-0.05, 0) is 19.8 Å². The number of hydrogen-bond donors (Lipinski definition) is 3. The molecule has 0 atom stereocenters. The lowest BCUT2D eigenvalue weighted by atomic mass is 10.2. The molecule has 1 heterocycles. The highest BCUT2D eigenvalue weighted by Crippen LogP contribution is 2.22. The summed E-state index contributed by atoms with van der Waals surface area (Å²) in [6.45, 7) is 10.7. The minimum absolute atomic E-state index is 0.260. The highest BCUT2D eigenvalue weighted by molar-refractivity contribution is 5.56. The van der Waals surface area contributed by atoms with Crippen LogP contribution in [0.15, 0.2) is 0 Å². The van der Waals surface area contributed by atoms with Crippen molar-refractivity contribution in [2.45, 2.75) is 52.9 Å². The Morgan fingerprint density at radius 3 is 2.43 bits per heavy atom. The molecule has 0 amide bonds. The molecule has 0 aromatic carbocycles. The molecule has 0 unspecified atom stereocenters. The molecule has 0 fully saturated rings. The van der Waals surface area contributed by atoms with Gasteiger partial charge in [-0.3, -0.25) is 0 Å². The summed E-state index contributed by atoms with van der Waals surface area (Å²) >= 11 is 0. The van der Waals surface area contributed by atoms with Crippen LogP contribution in [0.4, 0.5) is 11.6 Å². The Morgan fingerprint density at radius 2 is 1.81 bits per heavy atom. The molecule has 1 rings (SSSR count). The number of anilines is 2. The first-order chi connectivity index (χ1) is 10.1. The van der Waals surface area contributed by atoms with Crippen LogP contribution in [0.25, 0.3) is 0 Å². The zero-order valence-corrected chi connectivity index (χ0v) is 13.7. The van der Waals surface area contributed by atoms with Crippen LogP contribution in [0, 0.1) is 6.92 Å². The molecule has 0 radical (unpaired) electrons. The van der Waals surface area contributed by atoms with Gasteiger partial charge in [0.05, 0.1) is 0 Å². The summed E-state index contributed by atoms with van der Waals surface area (Å²) in [5.41, 5.74) is 3.58. The Hall–Kier alpha value is -1.40. The van der Waals surface area contributed by atoms with E-state index in [1.807, 2.05) is 6.92 Å². The van der Waals surface area contributed by atoms with Gasteiger partial charge in [-0.25, -0.2) is 15.8 Å². The lowest BCUT2D eigenvalue weighted by molar-refractivity contribution is 0.131. The van der Waals surface area contributed by atoms with Gasteiger partial charge in [-0.1, -0.05) is 27.2 Å². The number of nitrogens with two attached hydrogens (primary N) is 1. The summed E-state index contributed by atoms with van der Waals surface area (Å²) in [7, 11) is 0. The van der Waals surface area contributed by atoms with Gasteiger partial charge in [0.25, 0.3) is 0 Å². The molecule has 21 heavy (non-hydrogen) atoms. The number of nitrogen functional groups attached to an aromatic ring is 1. The molecule has 0 saturated heterocycles. The van der Waals surface area contributed by atoms with Crippen molar-refractivity contribution in [3.63, 3.8) is 0 Å². The number of nitrogens with zero attached hydrogens (tertiary/aromatic N) is 2. The van der Waals surface area contributed by atoms with Crippen LogP contribution in [0.1, 0.15) is 57.3 Å². The summed E-state index contributed by atoms with van der Waals surface area (Å²) < 4.78 is 5.54. The standard InChI is InChI=1S/C15H29N5O/c1-5-6-9-21-10-7-8-17-14-12(4)15(20-16)19-13(18-14)11(2)3/h11H,5-10,16H2,1-4H3,(H2,17,18,19,20). The largest absolute Gasteiger partial charge is 0.381 e. The van der Waals surface area contributed by atoms with Crippen molar-refractivity contribution in [2.24, 2.45) is 5.84 Å². The molecular formula is C15H29N5O. The van der Waals surface area contributed by atoms with E-state index in [1.165, 1.54) is 6.42 Å². The molecule has 4 N–H and O–H groups in total. The van der Waals surface area contributed by atoms with Gasteiger partial charge in [-0.2, -0.15) is 0 Å². The van der Waals surface area contributed by atoms with E-state index in [0.717, 1.165) is 49.8 Å². The van der Waals surface area contributed by atoms with E-state index < -0.39 is 0 Å². The molecule has 0 aliphatic rings. The monoisotopic (exact) mass is 295 g/mol. The normalized spacial score (nSPS) is 11.0. The summed E-state index contributed by atoms with van der Waals surface area (Å²) in [5, 5.41) is 3.35. The molecule has 0 spiro atoms. The number of hydrogen-bond acceptors (Lipinski definition) is 6. The number of aromatic nitrogens is 2. The van der Waals surface area contributed by atoms with Crippen molar-refractivity contribution in [1.82, 2.24) is 9.97 Å². The molecule has 1 aromatic rings. The van der Waals surface area contributed by atoms with Crippen LogP contribution in [0.5, 0.6) is 0 Å². The van der Waals surface area contributed by atoms with E-state index in [9.17, 15) is 0 Å². The Morgan fingerprint density at radius 1 is 1.14 bits per heavy atom. The maximum Gasteiger partial charge on any atom is 0.148 e. The van der Waals surface area contributed by atoms with Gasteiger partial charge < -0.3 is 15.5 Å². The third-order valence-corrected chi connectivity index (χ3v) is 3.22. The highest BCUT2D eigenvalue weighted by Gasteiger charge is 2.12. The fraction of sp³-hybridized carbons (Fsp3) is 0.733. The average Bonchev–Trinajstić information content (AvgIpc) is 2.47. The number of hydrazine groups is 1. The van der Waals surface area contributed by atoms with Gasteiger partial charge in [-0.15, -0.1) is 0 Å². The summed E-state index contributed by atoms with van der Waals surface area (Å²) in [6.07, 6.45) is 3.25. The zero-order chi connectivity index (χ0) is 15.7. The van der Waals surface area contributed by atoms with Crippen LogP contribution in [0.3, 0.4) is 0 Å². The van der Waals surface area contributed by atoms with Gasteiger partial charge in [0.1, 0.15) is 17.5 Å². The quantitative estimate of drug-likeness (QED) is 0.350. The smallest absolute Gasteiger partial charge is 0.148 e. The van der Waals surface area contributed by atoms with E-state index in [1.54, 1.807) is 0 Å². The molecular weight excluding hydrogens is 266 g/mol. The van der Waals surface area contributed by atoms with Crippen molar-refractivity contribution in [3.8, 4) is 0 Å². The van der Waals surface area contributed by atoms with E-state index in [2.05, 4.69) is 41.5 Å². The third kappa shape index (κ3) is 5.85. The summed E-state index contributed by atoms with van der Waals surface area (Å²) in [5.74, 6) is 8.09. The second-order valence-corrected chi connectivity index (χ2v) is 5.45. The van der Waals surface area contributed by atoms with E-state index in [4.69, 9.17) is 10.6 Å². The van der Waals surface area contributed by atoms with Gasteiger partial charge in [0.2, 0.25) is 0 Å². The summed E-state index contributed by atoms with van der Waals surface area (Å²) in [4.78, 5) is 8.99. The third-order valence-electron chi connectivity index (χ3n) is 3.22. The van der Waals surface area contributed by atoms with Gasteiger partial charge in [0, 0.05) is 31.2 Å². The molecule has 0 saturated carbocycles. The fourth-order valence-corrected chi connectivity index (χ4v) is 1.83. The predicted molar refractivity (Wildman–Crippen MR) is 87.5 cm³/mol. The molecule has 120 valence electrons. The first-order valence-corrected chi connectivity index (χ1v) is 7.76. The molecule has 6 nitrogen and oxygen atoms in total. The maximum absolute atomic E-state index is 5.54. The number of unbranched alkanes of at least 4 members (excludes halogenated alkanes) is 1. The Bertz CT molecular complexity index is 423. The molecule has 1 aromatic heterocycles. The molecule has 0 bridgehead atoms. The van der Waals surface area contributed by atoms with Crippen molar-refractivity contribution >= 4 is 11.6 Å². The predicted octanol–water partition coefficient (Wildman–Crippen LogP) is 2.81. The van der Waals surface area contributed by atoms with Crippen molar-refractivity contribution in [3.05, 3.63) is 11.4 Å². The minimum atomic E-state index is 0.260. The highest BCUT2D eigenvalue weighted by atomic mass is 16.5. The lowest BCUT2D eigenvalue weighted by Gasteiger charge is -2.15. The Kier molecular flexibility index (Phi) is 8.00. The number of rotatable bonds is 10. The average molecular weight is 295 g/mol. The van der Waals surface area contributed by atoms with Crippen LogP contribution in [0.2, 0.25) is 0 Å². The minimum Gasteiger partial charge on any atom is -0.381 e. The Balaban J connectivity index is 2.52. The van der Waals surface area contributed by atoms with Crippen molar-refractivity contribution < 1.29 is 4.74 Å². The number of nitrogens with one attached hydrogen (secondary N) is 2. The second-order valence-electron chi connectivity index (χ2n) is 5.45. The van der Waals surface area contributed by atoms with Crippen molar-refractivity contribution in [1.29, 1.82) is 0 Å². The SMILES string of the molecule is CCCCOCCCNc1nc(C(C)C)nc(NN)c1C. The first-order valence-electron chi connectivity index (χ1n) is 7.76.